The minimum absolute atomic E-state index is 0.00595. The first-order valence-electron chi connectivity index (χ1n) is 8.15. The summed E-state index contributed by atoms with van der Waals surface area (Å²) in [5.41, 5.74) is -0.407. The maximum absolute atomic E-state index is 12.7. The molecule has 0 saturated heterocycles. The number of carbonyl (C=O) groups is 1. The highest BCUT2D eigenvalue weighted by Gasteiger charge is 2.30. The molecule has 0 radical (unpaired) electrons. The molecular weight excluding hydrogens is 446 g/mol. The summed E-state index contributed by atoms with van der Waals surface area (Å²) in [6, 6.07) is 9.81. The highest BCUT2D eigenvalue weighted by atomic mass is 35.5. The Hall–Kier alpha value is -3.17. The number of hydrogen-bond acceptors (Lipinski definition) is 4. The van der Waals surface area contributed by atoms with Gasteiger partial charge in [-0.25, -0.2) is 0 Å². The molecule has 1 N–H and O–H groups in total. The number of amides is 1. The third-order valence-electron chi connectivity index (χ3n) is 4.00. The number of carbonyl (C=O) groups excluding carboxylic acids is 1. The van der Waals surface area contributed by atoms with Crippen molar-refractivity contribution < 1.29 is 22.9 Å². The quantitative estimate of drug-likeness (QED) is 0.372. The van der Waals surface area contributed by atoms with Crippen molar-refractivity contribution in [2.75, 3.05) is 5.32 Å². The molecule has 3 rings (SSSR count). The Labute approximate surface area is 177 Å². The van der Waals surface area contributed by atoms with Gasteiger partial charge in [-0.1, -0.05) is 23.2 Å². The van der Waals surface area contributed by atoms with Crippen LogP contribution in [0.2, 0.25) is 10.0 Å². The fourth-order valence-electron chi connectivity index (χ4n) is 2.52. The van der Waals surface area contributed by atoms with E-state index in [1.165, 1.54) is 30.3 Å². The fourth-order valence-corrected chi connectivity index (χ4v) is 3.00. The van der Waals surface area contributed by atoms with Crippen LogP contribution >= 0.6 is 23.2 Å². The van der Waals surface area contributed by atoms with Gasteiger partial charge in [0.2, 0.25) is 0 Å². The number of benzene rings is 2. The van der Waals surface area contributed by atoms with Crippen molar-refractivity contribution in [2.45, 2.75) is 6.18 Å². The largest absolute Gasteiger partial charge is 0.417 e. The molecule has 0 aliphatic rings. The average Bonchev–Trinajstić information content (AvgIpc) is 2.68. The Bertz CT molecular complexity index is 1140. The number of nitro benzene ring substituents is 1. The maximum atomic E-state index is 12.7. The molecule has 1 amide bonds. The van der Waals surface area contributed by atoms with Gasteiger partial charge in [0.05, 0.1) is 31.8 Å². The lowest BCUT2D eigenvalue weighted by Gasteiger charge is -2.11. The summed E-state index contributed by atoms with van der Waals surface area (Å²) >= 11 is 12.1. The summed E-state index contributed by atoms with van der Waals surface area (Å²) in [4.78, 5) is 26.4. The summed E-state index contributed by atoms with van der Waals surface area (Å²) in [6.07, 6.45) is -3.83. The summed E-state index contributed by atoms with van der Waals surface area (Å²) in [5.74, 6) is -0.636. The molecule has 1 aromatic heterocycles. The number of anilines is 1. The molecular formula is C19H10Cl2F3N3O3. The number of nitrogens with one attached hydrogen (secondary N) is 1. The van der Waals surface area contributed by atoms with Crippen LogP contribution in [0, 0.1) is 10.1 Å². The number of halogens is 5. The van der Waals surface area contributed by atoms with Crippen LogP contribution in [0.1, 0.15) is 15.9 Å². The second kappa shape index (κ2) is 8.29. The summed E-state index contributed by atoms with van der Waals surface area (Å²) < 4.78 is 38.1. The lowest BCUT2D eigenvalue weighted by molar-refractivity contribution is -0.384. The van der Waals surface area contributed by atoms with Crippen molar-refractivity contribution >= 4 is 40.5 Å². The van der Waals surface area contributed by atoms with E-state index in [1.807, 2.05) is 0 Å². The fraction of sp³-hybridized carbons (Fsp3) is 0.0526. The van der Waals surface area contributed by atoms with Crippen LogP contribution in [0.5, 0.6) is 0 Å². The van der Waals surface area contributed by atoms with Crippen molar-refractivity contribution in [3.63, 3.8) is 0 Å². The summed E-state index contributed by atoms with van der Waals surface area (Å²) in [5, 5.41) is 13.4. The second-order valence-electron chi connectivity index (χ2n) is 6.00. The summed E-state index contributed by atoms with van der Waals surface area (Å²) in [6.45, 7) is 0. The molecule has 0 fully saturated rings. The molecule has 0 atom stereocenters. The first-order valence-corrected chi connectivity index (χ1v) is 8.90. The topological polar surface area (TPSA) is 85.1 Å². The number of aromatic nitrogens is 1. The smallest absolute Gasteiger partial charge is 0.322 e. The number of rotatable bonds is 4. The van der Waals surface area contributed by atoms with Gasteiger partial charge in [0.1, 0.15) is 0 Å². The highest BCUT2D eigenvalue weighted by molar-refractivity contribution is 6.35. The molecule has 1 heterocycles. The highest BCUT2D eigenvalue weighted by Crippen LogP contribution is 2.33. The molecule has 0 unspecified atom stereocenters. The van der Waals surface area contributed by atoms with E-state index in [4.69, 9.17) is 23.2 Å². The molecule has 0 spiro atoms. The number of nitrogens with zero attached hydrogens (tertiary/aromatic N) is 2. The first-order chi connectivity index (χ1) is 14.1. The van der Waals surface area contributed by atoms with Crippen LogP contribution in [0.25, 0.3) is 11.3 Å². The zero-order valence-corrected chi connectivity index (χ0v) is 16.2. The van der Waals surface area contributed by atoms with Gasteiger partial charge in [-0.2, -0.15) is 13.2 Å². The van der Waals surface area contributed by atoms with Gasteiger partial charge in [-0.3, -0.25) is 19.9 Å². The van der Waals surface area contributed by atoms with Crippen LogP contribution < -0.4 is 5.32 Å². The van der Waals surface area contributed by atoms with Crippen molar-refractivity contribution in [1.82, 2.24) is 4.98 Å². The Morgan fingerprint density at radius 2 is 1.77 bits per heavy atom. The van der Waals surface area contributed by atoms with E-state index in [0.29, 0.717) is 11.8 Å². The van der Waals surface area contributed by atoms with E-state index < -0.39 is 22.6 Å². The van der Waals surface area contributed by atoms with E-state index in [1.54, 1.807) is 0 Å². The van der Waals surface area contributed by atoms with Crippen molar-refractivity contribution in [3.8, 4) is 11.3 Å². The molecule has 11 heteroatoms. The zero-order chi connectivity index (χ0) is 22.1. The lowest BCUT2D eigenvalue weighted by Crippen LogP contribution is -2.12. The molecule has 154 valence electrons. The molecule has 6 nitrogen and oxygen atoms in total. The molecule has 30 heavy (non-hydrogen) atoms. The average molecular weight is 456 g/mol. The standard InChI is InChI=1S/C19H10Cl2F3N3O3/c20-15-5-2-11(7-14(15)17-6-1-10(9-25-17)19(22,23)24)26-18(28)13-4-3-12(27(29)30)8-16(13)21/h1-9H,(H,26,28). The van der Waals surface area contributed by atoms with Gasteiger partial charge in [0.25, 0.3) is 11.6 Å². The summed E-state index contributed by atoms with van der Waals surface area (Å²) in [7, 11) is 0. The molecule has 0 aliphatic heterocycles. The van der Waals surface area contributed by atoms with Gasteiger partial charge in [-0.05, 0) is 36.4 Å². The van der Waals surface area contributed by atoms with Gasteiger partial charge in [0.15, 0.2) is 0 Å². The molecule has 2 aromatic carbocycles. The molecule has 0 bridgehead atoms. The number of hydrogen-bond donors (Lipinski definition) is 1. The second-order valence-corrected chi connectivity index (χ2v) is 6.81. The first kappa shape index (κ1) is 21.5. The lowest BCUT2D eigenvalue weighted by atomic mass is 10.1. The van der Waals surface area contributed by atoms with E-state index in [2.05, 4.69) is 10.3 Å². The van der Waals surface area contributed by atoms with Crippen molar-refractivity contribution in [3.05, 3.63) is 86.0 Å². The molecule has 3 aromatic rings. The Balaban J connectivity index is 1.87. The van der Waals surface area contributed by atoms with Crippen LogP contribution in [0.3, 0.4) is 0 Å². The van der Waals surface area contributed by atoms with E-state index in [9.17, 15) is 28.1 Å². The SMILES string of the molecule is O=C(Nc1ccc(Cl)c(-c2ccc(C(F)(F)F)cn2)c1)c1ccc([N+](=O)[O-])cc1Cl. The van der Waals surface area contributed by atoms with Crippen LogP contribution in [0.4, 0.5) is 24.5 Å². The number of pyridine rings is 1. The van der Waals surface area contributed by atoms with Gasteiger partial charge in [0, 0.05) is 29.6 Å². The van der Waals surface area contributed by atoms with Crippen LogP contribution in [0.15, 0.2) is 54.7 Å². The predicted octanol–water partition coefficient (Wildman–Crippen LogP) is 6.23. The Morgan fingerprint density at radius 3 is 2.33 bits per heavy atom. The van der Waals surface area contributed by atoms with Crippen molar-refractivity contribution in [2.24, 2.45) is 0 Å². The van der Waals surface area contributed by atoms with Crippen LogP contribution in [-0.4, -0.2) is 15.8 Å². The Kier molecular flexibility index (Phi) is 5.95. The van der Waals surface area contributed by atoms with Gasteiger partial charge < -0.3 is 5.32 Å². The van der Waals surface area contributed by atoms with Crippen molar-refractivity contribution in [1.29, 1.82) is 0 Å². The monoisotopic (exact) mass is 455 g/mol. The number of non-ortho nitro benzene ring substituents is 1. The normalized spacial score (nSPS) is 11.2. The predicted molar refractivity (Wildman–Crippen MR) is 106 cm³/mol. The minimum Gasteiger partial charge on any atom is -0.322 e. The van der Waals surface area contributed by atoms with E-state index in [-0.39, 0.29) is 32.7 Å². The van der Waals surface area contributed by atoms with Gasteiger partial charge >= 0.3 is 6.18 Å². The van der Waals surface area contributed by atoms with Gasteiger partial charge in [-0.15, -0.1) is 0 Å². The number of alkyl halides is 3. The third-order valence-corrected chi connectivity index (χ3v) is 4.64. The molecule has 0 aliphatic carbocycles. The Morgan fingerprint density at radius 1 is 1.03 bits per heavy atom. The van der Waals surface area contributed by atoms with Crippen LogP contribution in [-0.2, 0) is 6.18 Å². The van der Waals surface area contributed by atoms with E-state index in [0.717, 1.165) is 18.2 Å². The minimum atomic E-state index is -4.52. The molecule has 0 saturated carbocycles. The van der Waals surface area contributed by atoms with E-state index >= 15 is 0 Å². The third kappa shape index (κ3) is 4.69. The number of nitro groups is 1. The maximum Gasteiger partial charge on any atom is 0.417 e. The zero-order valence-electron chi connectivity index (χ0n) is 14.7.